The lowest BCUT2D eigenvalue weighted by atomic mass is 9.70. The van der Waals surface area contributed by atoms with Gasteiger partial charge in [0.1, 0.15) is 0 Å². The van der Waals surface area contributed by atoms with E-state index in [0.29, 0.717) is 33.7 Å². The Balaban J connectivity index is 1.30. The number of carbonyl (C=O) groups excluding carboxylic acids is 2. The third-order valence-corrected chi connectivity index (χ3v) is 10.5. The number of nitrogens with one attached hydrogen (secondary N) is 3. The summed E-state index contributed by atoms with van der Waals surface area (Å²) in [7, 11) is -3.71. The van der Waals surface area contributed by atoms with Crippen LogP contribution in [0.5, 0.6) is 0 Å². The van der Waals surface area contributed by atoms with Crippen LogP contribution in [0.25, 0.3) is 0 Å². The van der Waals surface area contributed by atoms with Crippen molar-refractivity contribution in [3.8, 4) is 0 Å². The van der Waals surface area contributed by atoms with E-state index in [-0.39, 0.29) is 11.8 Å². The lowest BCUT2D eigenvalue weighted by Crippen LogP contribution is -2.36. The highest BCUT2D eigenvalue weighted by Crippen LogP contribution is 2.54. The van der Waals surface area contributed by atoms with E-state index in [2.05, 4.69) is 20.3 Å². The first-order chi connectivity index (χ1) is 18.7. The third kappa shape index (κ3) is 4.89. The van der Waals surface area contributed by atoms with Gasteiger partial charge in [-0.3, -0.25) is 14.3 Å². The standard InChI is InChI=1S/C29H36N4O5S/c34-17-18-39(37,38)32-20-7-8-21(24(19-20)33-15-13-28(11-12-28)14-16-33)26(35)30-23-6-4-5-22-25(23)31-27(36)29(22)9-2-1-3-10-29/h4-8,19,32,34H,1-3,9-18H2,(H,30,35)(H,31,36). The van der Waals surface area contributed by atoms with Gasteiger partial charge in [-0.1, -0.05) is 31.4 Å². The molecule has 2 aliphatic heterocycles. The molecule has 0 bridgehead atoms. The Morgan fingerprint density at radius 3 is 2.44 bits per heavy atom. The van der Waals surface area contributed by atoms with Crippen LogP contribution >= 0.6 is 0 Å². The van der Waals surface area contributed by atoms with Crippen molar-refractivity contribution in [3.05, 3.63) is 47.5 Å². The highest BCUT2D eigenvalue weighted by molar-refractivity contribution is 7.92. The average Bonchev–Trinajstić information content (AvgIpc) is 3.62. The first-order valence-corrected chi connectivity index (χ1v) is 15.7. The zero-order valence-electron chi connectivity index (χ0n) is 22.1. The molecule has 208 valence electrons. The van der Waals surface area contributed by atoms with Crippen LogP contribution in [0.15, 0.2) is 36.4 Å². The van der Waals surface area contributed by atoms with Crippen LogP contribution in [0.1, 0.15) is 73.7 Å². The summed E-state index contributed by atoms with van der Waals surface area (Å²) in [6.07, 6.45) is 9.39. The van der Waals surface area contributed by atoms with E-state index in [4.69, 9.17) is 5.11 Å². The molecule has 4 aliphatic rings. The third-order valence-electron chi connectivity index (χ3n) is 9.21. The molecule has 10 heteroatoms. The molecule has 9 nitrogen and oxygen atoms in total. The summed E-state index contributed by atoms with van der Waals surface area (Å²) in [5.41, 5.74) is 3.62. The van der Waals surface area contributed by atoms with Crippen molar-refractivity contribution < 1.29 is 23.1 Å². The number of anilines is 4. The van der Waals surface area contributed by atoms with Crippen molar-refractivity contribution in [3.63, 3.8) is 0 Å². The van der Waals surface area contributed by atoms with Crippen molar-refractivity contribution in [2.45, 2.75) is 63.2 Å². The molecule has 2 amide bonds. The number of carbonyl (C=O) groups is 2. The molecule has 0 unspecified atom stereocenters. The summed E-state index contributed by atoms with van der Waals surface area (Å²) in [6.45, 7) is 1.12. The fraction of sp³-hybridized carbons (Fsp3) is 0.517. The Hall–Kier alpha value is -3.11. The van der Waals surface area contributed by atoms with Gasteiger partial charge in [0.05, 0.1) is 46.1 Å². The Morgan fingerprint density at radius 2 is 1.74 bits per heavy atom. The smallest absolute Gasteiger partial charge is 0.257 e. The largest absolute Gasteiger partial charge is 0.395 e. The molecule has 39 heavy (non-hydrogen) atoms. The quantitative estimate of drug-likeness (QED) is 0.408. The van der Waals surface area contributed by atoms with Gasteiger partial charge in [0.15, 0.2) is 0 Å². The molecule has 2 spiro atoms. The van der Waals surface area contributed by atoms with Crippen molar-refractivity contribution in [1.29, 1.82) is 0 Å². The molecule has 3 fully saturated rings. The maximum atomic E-state index is 13.7. The fourth-order valence-corrected chi connectivity index (χ4v) is 7.51. The van der Waals surface area contributed by atoms with Gasteiger partial charge in [-0.05, 0) is 73.8 Å². The van der Waals surface area contributed by atoms with Crippen molar-refractivity contribution in [2.24, 2.45) is 5.41 Å². The van der Waals surface area contributed by atoms with Gasteiger partial charge in [-0.15, -0.1) is 0 Å². The van der Waals surface area contributed by atoms with Crippen molar-refractivity contribution in [1.82, 2.24) is 0 Å². The van der Waals surface area contributed by atoms with E-state index in [1.807, 2.05) is 18.2 Å². The SMILES string of the molecule is O=C(Nc1cccc2c1NC(=O)C21CCCCC1)c1ccc(NS(=O)(=O)CCO)cc1N1CCC2(CC1)CC2. The maximum Gasteiger partial charge on any atom is 0.257 e. The molecule has 0 aromatic heterocycles. The number of aliphatic hydroxyl groups is 1. The second kappa shape index (κ2) is 9.82. The number of fused-ring (bicyclic) bond motifs is 2. The van der Waals surface area contributed by atoms with Gasteiger partial charge < -0.3 is 20.6 Å². The molecule has 2 heterocycles. The molecule has 6 rings (SSSR count). The lowest BCUT2D eigenvalue weighted by Gasteiger charge is -2.35. The molecular weight excluding hydrogens is 516 g/mol. The van der Waals surface area contributed by atoms with Crippen LogP contribution in [0.4, 0.5) is 22.7 Å². The predicted octanol–water partition coefficient (Wildman–Crippen LogP) is 4.21. The average molecular weight is 553 g/mol. The maximum absolute atomic E-state index is 13.7. The first kappa shape index (κ1) is 26.1. The number of nitrogens with zero attached hydrogens (tertiary/aromatic N) is 1. The second-order valence-electron chi connectivity index (χ2n) is 11.6. The summed E-state index contributed by atoms with van der Waals surface area (Å²) in [4.78, 5) is 29.0. The van der Waals surface area contributed by atoms with Crippen molar-refractivity contribution in [2.75, 3.05) is 45.7 Å². The van der Waals surface area contributed by atoms with Gasteiger partial charge in [-0.25, -0.2) is 8.42 Å². The van der Waals surface area contributed by atoms with Crippen molar-refractivity contribution >= 4 is 44.6 Å². The number of hydrogen-bond acceptors (Lipinski definition) is 6. The van der Waals surface area contributed by atoms with E-state index < -0.39 is 27.8 Å². The first-order valence-electron chi connectivity index (χ1n) is 14.0. The van der Waals surface area contributed by atoms with Gasteiger partial charge >= 0.3 is 0 Å². The van der Waals surface area contributed by atoms with E-state index in [1.54, 1.807) is 18.2 Å². The van der Waals surface area contributed by atoms with Gasteiger partial charge in [0.25, 0.3) is 5.91 Å². The number of amides is 2. The Morgan fingerprint density at radius 1 is 1.00 bits per heavy atom. The second-order valence-corrected chi connectivity index (χ2v) is 13.5. The number of sulfonamides is 1. The molecule has 2 aromatic rings. The van der Waals surface area contributed by atoms with Crippen LogP contribution in [0.3, 0.4) is 0 Å². The minimum atomic E-state index is -3.71. The summed E-state index contributed by atoms with van der Waals surface area (Å²) < 4.78 is 27.1. The van der Waals surface area contributed by atoms with Gasteiger partial charge in [0, 0.05) is 13.1 Å². The van der Waals surface area contributed by atoms with Crippen LogP contribution in [-0.4, -0.2) is 50.8 Å². The molecule has 4 N–H and O–H groups in total. The van der Waals surface area contributed by atoms with E-state index >= 15 is 0 Å². The number of hydrogen-bond donors (Lipinski definition) is 4. The molecule has 2 aromatic carbocycles. The topological polar surface area (TPSA) is 128 Å². The molecule has 2 saturated carbocycles. The van der Waals surface area contributed by atoms with Gasteiger partial charge in [0.2, 0.25) is 15.9 Å². The zero-order valence-corrected chi connectivity index (χ0v) is 22.9. The molecule has 2 aliphatic carbocycles. The number of rotatable bonds is 7. The normalized spacial score (nSPS) is 20.9. The fourth-order valence-electron chi connectivity index (χ4n) is 6.69. The van der Waals surface area contributed by atoms with E-state index in [0.717, 1.165) is 63.6 Å². The minimum absolute atomic E-state index is 0.0152. The van der Waals surface area contributed by atoms with E-state index in [9.17, 15) is 18.0 Å². The summed E-state index contributed by atoms with van der Waals surface area (Å²) >= 11 is 0. The minimum Gasteiger partial charge on any atom is -0.395 e. The number of aliphatic hydroxyl groups excluding tert-OH is 1. The van der Waals surface area contributed by atoms with Crippen LogP contribution < -0.4 is 20.3 Å². The van der Waals surface area contributed by atoms with Crippen LogP contribution in [0, 0.1) is 5.41 Å². The molecular formula is C29H36N4O5S. The zero-order chi connectivity index (χ0) is 27.3. The number of para-hydroxylation sites is 1. The highest BCUT2D eigenvalue weighted by atomic mass is 32.2. The van der Waals surface area contributed by atoms with Crippen LogP contribution in [-0.2, 0) is 20.2 Å². The number of benzene rings is 2. The highest BCUT2D eigenvalue weighted by Gasteiger charge is 2.48. The molecule has 0 radical (unpaired) electrons. The predicted molar refractivity (Wildman–Crippen MR) is 152 cm³/mol. The monoisotopic (exact) mass is 552 g/mol. The molecule has 0 atom stereocenters. The van der Waals surface area contributed by atoms with E-state index in [1.165, 1.54) is 12.8 Å². The number of piperidine rings is 1. The molecule has 1 saturated heterocycles. The summed E-state index contributed by atoms with van der Waals surface area (Å²) in [6, 6.07) is 10.6. The lowest BCUT2D eigenvalue weighted by molar-refractivity contribution is -0.121. The summed E-state index contributed by atoms with van der Waals surface area (Å²) in [5.74, 6) is -0.696. The Bertz CT molecular complexity index is 1400. The Kier molecular flexibility index (Phi) is 6.58. The van der Waals surface area contributed by atoms with Crippen LogP contribution in [0.2, 0.25) is 0 Å². The Labute approximate surface area is 229 Å². The van der Waals surface area contributed by atoms with Gasteiger partial charge in [-0.2, -0.15) is 0 Å². The summed E-state index contributed by atoms with van der Waals surface area (Å²) in [5, 5.41) is 15.2.